The van der Waals surface area contributed by atoms with Gasteiger partial charge in [-0.3, -0.25) is 9.78 Å². The number of amides is 1. The van der Waals surface area contributed by atoms with Gasteiger partial charge in [0.05, 0.1) is 17.4 Å². The largest absolute Gasteiger partial charge is 0.354 e. The zero-order valence-electron chi connectivity index (χ0n) is 13.8. The van der Waals surface area contributed by atoms with Gasteiger partial charge in [0, 0.05) is 17.4 Å². The maximum Gasteiger partial charge on any atom is 0.253 e. The first-order chi connectivity index (χ1) is 10.2. The summed E-state index contributed by atoms with van der Waals surface area (Å²) in [5, 5.41) is 6.24. The smallest absolute Gasteiger partial charge is 0.253 e. The predicted octanol–water partition coefficient (Wildman–Crippen LogP) is 3.97. The van der Waals surface area contributed by atoms with E-state index in [4.69, 9.17) is 0 Å². The van der Waals surface area contributed by atoms with E-state index < -0.39 is 0 Å². The molecular weight excluding hydrogens is 274 g/mol. The number of hydrogen-bond acceptors (Lipinski definition) is 3. The molecule has 2 aromatic rings. The van der Waals surface area contributed by atoms with Gasteiger partial charge in [0.15, 0.2) is 0 Å². The second-order valence-corrected chi connectivity index (χ2v) is 6.67. The van der Waals surface area contributed by atoms with E-state index in [-0.39, 0.29) is 11.4 Å². The fourth-order valence-corrected chi connectivity index (χ4v) is 2.26. The molecule has 0 aliphatic carbocycles. The first-order valence-electron chi connectivity index (χ1n) is 7.36. The maximum absolute atomic E-state index is 12.2. The molecule has 1 aromatic heterocycles. The van der Waals surface area contributed by atoms with E-state index in [2.05, 4.69) is 47.7 Å². The molecule has 4 nitrogen and oxygen atoms in total. The Kier molecular flexibility index (Phi) is 4.50. The van der Waals surface area contributed by atoms with Crippen molar-refractivity contribution in [2.75, 3.05) is 5.32 Å². The van der Waals surface area contributed by atoms with E-state index in [1.807, 2.05) is 26.8 Å². The maximum atomic E-state index is 12.2. The monoisotopic (exact) mass is 297 g/mol. The van der Waals surface area contributed by atoms with Crippen molar-refractivity contribution in [3.8, 4) is 0 Å². The van der Waals surface area contributed by atoms with Crippen molar-refractivity contribution in [1.82, 2.24) is 10.3 Å². The Hall–Kier alpha value is -2.36. The number of anilines is 2. The van der Waals surface area contributed by atoms with Crippen molar-refractivity contribution in [2.24, 2.45) is 0 Å². The summed E-state index contributed by atoms with van der Waals surface area (Å²) in [6, 6.07) is 8.06. The molecule has 0 fully saturated rings. The first-order valence-corrected chi connectivity index (χ1v) is 7.36. The van der Waals surface area contributed by atoms with Gasteiger partial charge in [-0.1, -0.05) is 6.07 Å². The molecule has 2 N–H and O–H groups in total. The first kappa shape index (κ1) is 16.0. The predicted molar refractivity (Wildman–Crippen MR) is 90.7 cm³/mol. The van der Waals surface area contributed by atoms with Crippen LogP contribution in [0.2, 0.25) is 0 Å². The Balaban J connectivity index is 2.19. The summed E-state index contributed by atoms with van der Waals surface area (Å²) >= 11 is 0. The van der Waals surface area contributed by atoms with E-state index in [0.717, 1.165) is 11.4 Å². The molecule has 2 rings (SSSR count). The van der Waals surface area contributed by atoms with Crippen LogP contribution in [0.4, 0.5) is 11.4 Å². The molecule has 1 amide bonds. The van der Waals surface area contributed by atoms with Crippen molar-refractivity contribution in [3.63, 3.8) is 0 Å². The third-order valence-corrected chi connectivity index (χ3v) is 3.00. The normalized spacial score (nSPS) is 11.1. The van der Waals surface area contributed by atoms with Crippen LogP contribution in [0.25, 0.3) is 0 Å². The number of carbonyl (C=O) groups excluding carboxylic acids is 1. The number of hydrogen-bond donors (Lipinski definition) is 2. The van der Waals surface area contributed by atoms with Crippen molar-refractivity contribution < 1.29 is 4.79 Å². The van der Waals surface area contributed by atoms with E-state index in [1.54, 1.807) is 12.4 Å². The van der Waals surface area contributed by atoms with E-state index in [0.29, 0.717) is 5.56 Å². The molecule has 0 bridgehead atoms. The number of aromatic nitrogens is 1. The number of carbonyl (C=O) groups is 1. The summed E-state index contributed by atoms with van der Waals surface area (Å²) in [6.07, 6.45) is 3.29. The highest BCUT2D eigenvalue weighted by atomic mass is 16.1. The third-order valence-electron chi connectivity index (χ3n) is 3.00. The van der Waals surface area contributed by atoms with Crippen LogP contribution in [-0.4, -0.2) is 16.4 Å². The molecular formula is C18H23N3O. The second kappa shape index (κ2) is 6.18. The van der Waals surface area contributed by atoms with Gasteiger partial charge >= 0.3 is 0 Å². The van der Waals surface area contributed by atoms with E-state index in [1.165, 1.54) is 11.1 Å². The fourth-order valence-electron chi connectivity index (χ4n) is 2.26. The Bertz CT molecular complexity index is 667. The average molecular weight is 297 g/mol. The van der Waals surface area contributed by atoms with Gasteiger partial charge in [-0.25, -0.2) is 0 Å². The van der Waals surface area contributed by atoms with Crippen molar-refractivity contribution in [1.29, 1.82) is 0 Å². The van der Waals surface area contributed by atoms with Gasteiger partial charge in [-0.2, -0.15) is 0 Å². The molecule has 22 heavy (non-hydrogen) atoms. The molecule has 0 atom stereocenters. The molecule has 1 aromatic carbocycles. The van der Waals surface area contributed by atoms with Gasteiger partial charge in [0.2, 0.25) is 0 Å². The van der Waals surface area contributed by atoms with Crippen LogP contribution in [0, 0.1) is 13.8 Å². The van der Waals surface area contributed by atoms with Crippen LogP contribution in [0.15, 0.2) is 36.7 Å². The molecule has 0 aliphatic heterocycles. The Morgan fingerprint density at radius 3 is 2.18 bits per heavy atom. The third kappa shape index (κ3) is 4.58. The molecule has 0 saturated heterocycles. The molecule has 116 valence electrons. The topological polar surface area (TPSA) is 54.0 Å². The summed E-state index contributed by atoms with van der Waals surface area (Å²) in [7, 11) is 0. The lowest BCUT2D eigenvalue weighted by atomic mass is 10.1. The van der Waals surface area contributed by atoms with E-state index in [9.17, 15) is 4.79 Å². The van der Waals surface area contributed by atoms with Crippen LogP contribution >= 0.6 is 0 Å². The number of nitrogens with one attached hydrogen (secondary N) is 2. The number of nitrogens with zero attached hydrogens (tertiary/aromatic N) is 1. The van der Waals surface area contributed by atoms with Crippen LogP contribution in [0.5, 0.6) is 0 Å². The quantitative estimate of drug-likeness (QED) is 0.901. The standard InChI is InChI=1S/C18H23N3O/c1-12-6-13(2)8-15(7-12)20-16-9-14(10-19-11-16)17(22)21-18(3,4)5/h6-11,20H,1-5H3,(H,21,22). The van der Waals surface area contributed by atoms with Gasteiger partial charge in [0.1, 0.15) is 0 Å². The zero-order valence-corrected chi connectivity index (χ0v) is 13.8. The summed E-state index contributed by atoms with van der Waals surface area (Å²) in [4.78, 5) is 16.3. The van der Waals surface area contributed by atoms with Crippen molar-refractivity contribution in [3.05, 3.63) is 53.3 Å². The Labute approximate surface area is 132 Å². The minimum Gasteiger partial charge on any atom is -0.354 e. The molecule has 0 aliphatic rings. The second-order valence-electron chi connectivity index (χ2n) is 6.67. The van der Waals surface area contributed by atoms with Crippen molar-refractivity contribution >= 4 is 17.3 Å². The highest BCUT2D eigenvalue weighted by Crippen LogP contribution is 2.20. The SMILES string of the molecule is Cc1cc(C)cc(Nc2cncc(C(=O)NC(C)(C)C)c2)c1. The van der Waals surface area contributed by atoms with Crippen LogP contribution in [0.1, 0.15) is 42.3 Å². The zero-order chi connectivity index (χ0) is 16.3. The molecule has 1 heterocycles. The van der Waals surface area contributed by atoms with Crippen LogP contribution in [0.3, 0.4) is 0 Å². The van der Waals surface area contributed by atoms with Gasteiger partial charge in [-0.15, -0.1) is 0 Å². The van der Waals surface area contributed by atoms with Gasteiger partial charge < -0.3 is 10.6 Å². The summed E-state index contributed by atoms with van der Waals surface area (Å²) in [6.45, 7) is 9.98. The molecule has 0 saturated carbocycles. The number of aryl methyl sites for hydroxylation is 2. The minimum absolute atomic E-state index is 0.121. The molecule has 4 heteroatoms. The fraction of sp³-hybridized carbons (Fsp3) is 0.333. The average Bonchev–Trinajstić information content (AvgIpc) is 2.35. The molecule has 0 unspecified atom stereocenters. The van der Waals surface area contributed by atoms with Crippen LogP contribution in [-0.2, 0) is 0 Å². The number of benzene rings is 1. The highest BCUT2D eigenvalue weighted by molar-refractivity contribution is 5.95. The lowest BCUT2D eigenvalue weighted by Crippen LogP contribution is -2.40. The molecule has 0 spiro atoms. The van der Waals surface area contributed by atoms with Gasteiger partial charge in [0.25, 0.3) is 5.91 Å². The number of pyridine rings is 1. The Morgan fingerprint density at radius 1 is 0.955 bits per heavy atom. The lowest BCUT2D eigenvalue weighted by Gasteiger charge is -2.20. The molecule has 0 radical (unpaired) electrons. The summed E-state index contributed by atoms with van der Waals surface area (Å²) in [5.41, 5.74) is 4.45. The minimum atomic E-state index is -0.270. The van der Waals surface area contributed by atoms with E-state index >= 15 is 0 Å². The Morgan fingerprint density at radius 2 is 1.59 bits per heavy atom. The summed E-state index contributed by atoms with van der Waals surface area (Å²) in [5.74, 6) is -0.121. The van der Waals surface area contributed by atoms with Crippen LogP contribution < -0.4 is 10.6 Å². The lowest BCUT2D eigenvalue weighted by molar-refractivity contribution is 0.0919. The summed E-state index contributed by atoms with van der Waals surface area (Å²) < 4.78 is 0. The highest BCUT2D eigenvalue weighted by Gasteiger charge is 2.15. The number of rotatable bonds is 3. The van der Waals surface area contributed by atoms with Crippen molar-refractivity contribution in [2.45, 2.75) is 40.2 Å². The van der Waals surface area contributed by atoms with Gasteiger partial charge in [-0.05, 0) is 63.9 Å².